The minimum absolute atomic E-state index is 0.205. The Morgan fingerprint density at radius 1 is 1.42 bits per heavy atom. The highest BCUT2D eigenvalue weighted by molar-refractivity contribution is 5.89. The summed E-state index contributed by atoms with van der Waals surface area (Å²) in [6.07, 6.45) is 1.09. The van der Waals surface area contributed by atoms with Gasteiger partial charge in [0.2, 0.25) is 0 Å². The maximum absolute atomic E-state index is 11.3. The van der Waals surface area contributed by atoms with Crippen LogP contribution in [-0.2, 0) is 14.3 Å². The highest BCUT2D eigenvalue weighted by Crippen LogP contribution is 2.33. The molecule has 1 heterocycles. The minimum Gasteiger partial charge on any atom is -0.393 e. The number of hydrogen-bond donors (Lipinski definition) is 0. The Hall–Kier alpha value is -0.860. The fraction of sp³-hybridized carbons (Fsp3) is 0.778. The molecule has 12 heavy (non-hydrogen) atoms. The molecule has 0 bridgehead atoms. The van der Waals surface area contributed by atoms with E-state index in [0.717, 1.165) is 6.42 Å². The van der Waals surface area contributed by atoms with Crippen molar-refractivity contribution in [3.63, 3.8) is 0 Å². The van der Waals surface area contributed by atoms with Gasteiger partial charge in [-0.1, -0.05) is 6.92 Å². The third-order valence-electron chi connectivity index (χ3n) is 2.75. The second-order valence-electron chi connectivity index (χ2n) is 3.92. The van der Waals surface area contributed by atoms with E-state index in [1.807, 2.05) is 20.8 Å². The van der Waals surface area contributed by atoms with E-state index in [0.29, 0.717) is 6.42 Å². The lowest BCUT2D eigenvalue weighted by Crippen LogP contribution is -2.31. The summed E-state index contributed by atoms with van der Waals surface area (Å²) in [6, 6.07) is 0. The molecule has 0 aromatic heterocycles. The van der Waals surface area contributed by atoms with Gasteiger partial charge in [-0.25, -0.2) is 0 Å². The van der Waals surface area contributed by atoms with Gasteiger partial charge in [-0.2, -0.15) is 0 Å². The van der Waals surface area contributed by atoms with E-state index in [2.05, 4.69) is 4.74 Å². The fourth-order valence-electron chi connectivity index (χ4n) is 1.18. The highest BCUT2D eigenvalue weighted by atomic mass is 16.6. The normalized spacial score (nSPS) is 29.4. The molecule has 0 aromatic rings. The largest absolute Gasteiger partial charge is 0.393 e. The Labute approximate surface area is 72.1 Å². The van der Waals surface area contributed by atoms with Gasteiger partial charge in [0.25, 0.3) is 0 Å². The van der Waals surface area contributed by atoms with Crippen LogP contribution in [0.4, 0.5) is 0 Å². The van der Waals surface area contributed by atoms with Gasteiger partial charge >= 0.3 is 11.9 Å². The molecule has 0 N–H and O–H groups in total. The topological polar surface area (TPSA) is 43.4 Å². The Bertz CT molecular complexity index is 218. The Morgan fingerprint density at radius 3 is 2.58 bits per heavy atom. The summed E-state index contributed by atoms with van der Waals surface area (Å²) in [6.45, 7) is 5.61. The van der Waals surface area contributed by atoms with Gasteiger partial charge in [0.05, 0.1) is 5.41 Å². The van der Waals surface area contributed by atoms with Gasteiger partial charge < -0.3 is 4.74 Å². The molecule has 3 heteroatoms. The maximum Gasteiger partial charge on any atom is 0.319 e. The SMILES string of the molecule is CC1CCC(=O)OC(=O)C1(C)C. The number of ether oxygens (including phenoxy) is 1. The maximum atomic E-state index is 11.3. The van der Waals surface area contributed by atoms with E-state index >= 15 is 0 Å². The number of esters is 2. The monoisotopic (exact) mass is 170 g/mol. The van der Waals surface area contributed by atoms with Gasteiger partial charge in [-0.05, 0) is 26.2 Å². The molecule has 1 aliphatic rings. The zero-order valence-electron chi connectivity index (χ0n) is 7.72. The van der Waals surface area contributed by atoms with Gasteiger partial charge in [0.1, 0.15) is 0 Å². The summed E-state index contributed by atoms with van der Waals surface area (Å²) in [5.41, 5.74) is -0.522. The molecule has 3 nitrogen and oxygen atoms in total. The van der Waals surface area contributed by atoms with Gasteiger partial charge in [-0.15, -0.1) is 0 Å². The first-order valence-corrected chi connectivity index (χ1v) is 4.19. The molecule has 1 rings (SSSR count). The van der Waals surface area contributed by atoms with Crippen LogP contribution in [0.3, 0.4) is 0 Å². The molecule has 0 radical (unpaired) electrons. The number of hydrogen-bond acceptors (Lipinski definition) is 3. The van der Waals surface area contributed by atoms with Crippen molar-refractivity contribution in [3.8, 4) is 0 Å². The van der Waals surface area contributed by atoms with Gasteiger partial charge in [0, 0.05) is 6.42 Å². The first-order chi connectivity index (χ1) is 5.44. The highest BCUT2D eigenvalue weighted by Gasteiger charge is 2.39. The van der Waals surface area contributed by atoms with Crippen LogP contribution in [-0.4, -0.2) is 11.9 Å². The number of carbonyl (C=O) groups excluding carboxylic acids is 2. The lowest BCUT2D eigenvalue weighted by molar-refractivity contribution is -0.165. The van der Waals surface area contributed by atoms with E-state index in [1.165, 1.54) is 0 Å². The van der Waals surface area contributed by atoms with E-state index in [1.54, 1.807) is 0 Å². The van der Waals surface area contributed by atoms with Crippen molar-refractivity contribution < 1.29 is 14.3 Å². The molecule has 1 aliphatic heterocycles. The van der Waals surface area contributed by atoms with E-state index in [-0.39, 0.29) is 5.92 Å². The molecule has 0 spiro atoms. The minimum atomic E-state index is -0.522. The molecule has 0 amide bonds. The van der Waals surface area contributed by atoms with Gasteiger partial charge in [-0.3, -0.25) is 9.59 Å². The molecule has 1 atom stereocenters. The average Bonchev–Trinajstić information content (AvgIpc) is 2.04. The number of rotatable bonds is 0. The molecule has 1 saturated heterocycles. The van der Waals surface area contributed by atoms with Crippen LogP contribution in [0.5, 0.6) is 0 Å². The van der Waals surface area contributed by atoms with E-state index in [9.17, 15) is 9.59 Å². The predicted molar refractivity (Wildman–Crippen MR) is 43.3 cm³/mol. The average molecular weight is 170 g/mol. The third kappa shape index (κ3) is 1.49. The quantitative estimate of drug-likeness (QED) is 0.409. The van der Waals surface area contributed by atoms with Crippen molar-refractivity contribution in [1.82, 2.24) is 0 Å². The van der Waals surface area contributed by atoms with Crippen LogP contribution in [0.25, 0.3) is 0 Å². The van der Waals surface area contributed by atoms with E-state index < -0.39 is 17.4 Å². The molecular weight excluding hydrogens is 156 g/mol. The Balaban J connectivity index is 2.86. The molecule has 0 aromatic carbocycles. The molecule has 68 valence electrons. The third-order valence-corrected chi connectivity index (χ3v) is 2.75. The zero-order valence-corrected chi connectivity index (χ0v) is 7.72. The van der Waals surface area contributed by atoms with Crippen LogP contribution in [0, 0.1) is 11.3 Å². The van der Waals surface area contributed by atoms with Crippen LogP contribution < -0.4 is 0 Å². The first-order valence-electron chi connectivity index (χ1n) is 4.19. The second-order valence-corrected chi connectivity index (χ2v) is 3.92. The fourth-order valence-corrected chi connectivity index (χ4v) is 1.18. The van der Waals surface area contributed by atoms with Crippen LogP contribution in [0.1, 0.15) is 33.6 Å². The first kappa shape index (κ1) is 9.23. The van der Waals surface area contributed by atoms with Crippen molar-refractivity contribution in [1.29, 1.82) is 0 Å². The van der Waals surface area contributed by atoms with Crippen molar-refractivity contribution in [2.75, 3.05) is 0 Å². The number of carbonyl (C=O) groups is 2. The standard InChI is InChI=1S/C9H14O3/c1-6-4-5-7(10)12-8(11)9(6,2)3/h6H,4-5H2,1-3H3. The molecule has 0 saturated carbocycles. The van der Waals surface area contributed by atoms with Crippen molar-refractivity contribution in [2.24, 2.45) is 11.3 Å². The summed E-state index contributed by atoms with van der Waals surface area (Å²) < 4.78 is 4.62. The summed E-state index contributed by atoms with van der Waals surface area (Å²) in [5, 5.41) is 0. The van der Waals surface area contributed by atoms with Crippen molar-refractivity contribution >= 4 is 11.9 Å². The van der Waals surface area contributed by atoms with Crippen LogP contribution in [0.2, 0.25) is 0 Å². The summed E-state index contributed by atoms with van der Waals surface area (Å²) in [5.74, 6) is -0.577. The van der Waals surface area contributed by atoms with Crippen molar-refractivity contribution in [2.45, 2.75) is 33.6 Å². The Morgan fingerprint density at radius 2 is 2.00 bits per heavy atom. The summed E-state index contributed by atoms with van der Waals surface area (Å²) in [4.78, 5) is 22.2. The smallest absolute Gasteiger partial charge is 0.319 e. The van der Waals surface area contributed by atoms with E-state index in [4.69, 9.17) is 0 Å². The molecule has 1 unspecified atom stereocenters. The molecular formula is C9H14O3. The predicted octanol–water partition coefficient (Wildman–Crippen LogP) is 1.51. The Kier molecular flexibility index (Phi) is 2.22. The summed E-state index contributed by atoms with van der Waals surface area (Å²) in [7, 11) is 0. The lowest BCUT2D eigenvalue weighted by Gasteiger charge is -2.25. The second kappa shape index (κ2) is 2.88. The molecule has 1 fully saturated rings. The van der Waals surface area contributed by atoms with Crippen LogP contribution >= 0.6 is 0 Å². The summed E-state index contributed by atoms with van der Waals surface area (Å²) >= 11 is 0. The van der Waals surface area contributed by atoms with Crippen LogP contribution in [0.15, 0.2) is 0 Å². The van der Waals surface area contributed by atoms with Gasteiger partial charge in [0.15, 0.2) is 0 Å². The number of cyclic esters (lactones) is 2. The lowest BCUT2D eigenvalue weighted by atomic mass is 9.78. The van der Waals surface area contributed by atoms with Crippen molar-refractivity contribution in [3.05, 3.63) is 0 Å². The zero-order chi connectivity index (χ0) is 9.35. The molecule has 0 aliphatic carbocycles.